The molecule has 0 aromatic heterocycles. The molecule has 1 N–H and O–H groups in total. The van der Waals surface area contributed by atoms with E-state index in [2.05, 4.69) is 0 Å². The third kappa shape index (κ3) is 2.27. The first-order valence-corrected chi connectivity index (χ1v) is 5.09. The first-order chi connectivity index (χ1) is 7.52. The van der Waals surface area contributed by atoms with Gasteiger partial charge in [0.15, 0.2) is 11.5 Å². The number of rotatable bonds is 4. The van der Waals surface area contributed by atoms with Crippen LogP contribution in [0.2, 0.25) is 5.02 Å². The minimum Gasteiger partial charge on any atom is -0.504 e. The van der Waals surface area contributed by atoms with Crippen molar-refractivity contribution in [3.05, 3.63) is 22.5 Å². The lowest BCUT2D eigenvalue weighted by Crippen LogP contribution is -2.01. The number of halogens is 2. The van der Waals surface area contributed by atoms with Gasteiger partial charge in [0.1, 0.15) is 12.1 Å². The number of phenols is 1. The van der Waals surface area contributed by atoms with Gasteiger partial charge in [0, 0.05) is 18.1 Å². The number of hydrogen-bond acceptors (Lipinski definition) is 3. The molecule has 1 atom stereocenters. The number of aromatic hydroxyl groups is 1. The lowest BCUT2D eigenvalue weighted by atomic mass is 9.96. The molecule has 1 rings (SSSR count). The first-order valence-electron chi connectivity index (χ1n) is 4.71. The standard InChI is InChI=1S/C11H12ClFO3/c1-6(3-4-14)9-10(13)7(12)5-8(16-2)11(9)15/h4-6,15H,3H2,1-2H3. The largest absolute Gasteiger partial charge is 0.504 e. The van der Waals surface area contributed by atoms with Crippen molar-refractivity contribution in [2.75, 3.05) is 7.11 Å². The summed E-state index contributed by atoms with van der Waals surface area (Å²) < 4.78 is 18.5. The van der Waals surface area contributed by atoms with E-state index in [1.807, 2.05) is 0 Å². The fourth-order valence-electron chi connectivity index (χ4n) is 1.48. The summed E-state index contributed by atoms with van der Waals surface area (Å²) in [6.45, 7) is 1.63. The molecular formula is C11H12ClFO3. The SMILES string of the molecule is COc1cc(Cl)c(F)c(C(C)CC=O)c1O. The number of benzene rings is 1. The Labute approximate surface area is 97.8 Å². The lowest BCUT2D eigenvalue weighted by Gasteiger charge is -2.15. The maximum atomic E-state index is 13.7. The molecular weight excluding hydrogens is 235 g/mol. The Hall–Kier alpha value is -1.29. The molecule has 1 unspecified atom stereocenters. The van der Waals surface area contributed by atoms with Crippen LogP contribution >= 0.6 is 11.6 Å². The molecule has 1 aromatic carbocycles. The molecule has 0 bridgehead atoms. The van der Waals surface area contributed by atoms with Gasteiger partial charge in [0.2, 0.25) is 0 Å². The van der Waals surface area contributed by atoms with Gasteiger partial charge in [-0.1, -0.05) is 18.5 Å². The van der Waals surface area contributed by atoms with Crippen LogP contribution in [0.25, 0.3) is 0 Å². The predicted molar refractivity (Wildman–Crippen MR) is 58.7 cm³/mol. The minimum atomic E-state index is -0.714. The van der Waals surface area contributed by atoms with E-state index in [-0.39, 0.29) is 28.5 Å². The maximum Gasteiger partial charge on any atom is 0.164 e. The molecule has 0 aliphatic rings. The molecule has 0 fully saturated rings. The zero-order chi connectivity index (χ0) is 12.3. The van der Waals surface area contributed by atoms with Crippen LogP contribution in [0.1, 0.15) is 24.8 Å². The first kappa shape index (κ1) is 12.8. The monoisotopic (exact) mass is 246 g/mol. The number of hydrogen-bond donors (Lipinski definition) is 1. The van der Waals surface area contributed by atoms with Gasteiger partial charge in [-0.3, -0.25) is 0 Å². The van der Waals surface area contributed by atoms with Crippen LogP contribution in [0, 0.1) is 5.82 Å². The topological polar surface area (TPSA) is 46.5 Å². The lowest BCUT2D eigenvalue weighted by molar-refractivity contribution is -0.108. The zero-order valence-corrected chi connectivity index (χ0v) is 9.71. The van der Waals surface area contributed by atoms with E-state index in [4.69, 9.17) is 16.3 Å². The number of ether oxygens (including phenoxy) is 1. The van der Waals surface area contributed by atoms with Crippen molar-refractivity contribution < 1.29 is 19.0 Å². The third-order valence-corrected chi connectivity index (χ3v) is 2.63. The van der Waals surface area contributed by atoms with Crippen molar-refractivity contribution in [2.45, 2.75) is 19.3 Å². The highest BCUT2D eigenvalue weighted by Crippen LogP contribution is 2.40. The van der Waals surface area contributed by atoms with Crippen LogP contribution in [0.15, 0.2) is 6.07 Å². The smallest absolute Gasteiger partial charge is 0.164 e. The molecule has 1 aromatic rings. The summed E-state index contributed by atoms with van der Waals surface area (Å²) in [6.07, 6.45) is 0.769. The van der Waals surface area contributed by atoms with Gasteiger partial charge in [0.05, 0.1) is 12.1 Å². The van der Waals surface area contributed by atoms with Crippen LogP contribution in [-0.4, -0.2) is 18.5 Å². The Morgan fingerprint density at radius 3 is 2.81 bits per heavy atom. The highest BCUT2D eigenvalue weighted by atomic mass is 35.5. The van der Waals surface area contributed by atoms with Crippen molar-refractivity contribution in [1.29, 1.82) is 0 Å². The Kier molecular flexibility index (Phi) is 4.12. The second-order valence-corrected chi connectivity index (χ2v) is 3.85. The molecule has 0 aliphatic carbocycles. The van der Waals surface area contributed by atoms with Gasteiger partial charge in [-0.15, -0.1) is 0 Å². The molecule has 3 nitrogen and oxygen atoms in total. The Balaban J connectivity index is 3.34. The average molecular weight is 247 g/mol. The molecule has 0 saturated heterocycles. The molecule has 0 saturated carbocycles. The number of methoxy groups -OCH3 is 1. The molecule has 0 heterocycles. The number of carbonyl (C=O) groups is 1. The van der Waals surface area contributed by atoms with Gasteiger partial charge in [0.25, 0.3) is 0 Å². The molecule has 0 spiro atoms. The maximum absolute atomic E-state index is 13.7. The molecule has 88 valence electrons. The zero-order valence-electron chi connectivity index (χ0n) is 8.96. The third-order valence-electron chi connectivity index (χ3n) is 2.35. The van der Waals surface area contributed by atoms with E-state index in [1.54, 1.807) is 6.92 Å². The summed E-state index contributed by atoms with van der Waals surface area (Å²) in [4.78, 5) is 10.4. The summed E-state index contributed by atoms with van der Waals surface area (Å²) >= 11 is 5.66. The molecule has 5 heteroatoms. The second-order valence-electron chi connectivity index (χ2n) is 3.44. The summed E-state index contributed by atoms with van der Waals surface area (Å²) in [6, 6.07) is 1.20. The summed E-state index contributed by atoms with van der Waals surface area (Å²) in [5.41, 5.74) is 0.0106. The van der Waals surface area contributed by atoms with Gasteiger partial charge in [-0.2, -0.15) is 0 Å². The molecule has 16 heavy (non-hydrogen) atoms. The highest BCUT2D eigenvalue weighted by molar-refractivity contribution is 6.31. The van der Waals surface area contributed by atoms with E-state index in [1.165, 1.54) is 13.2 Å². The van der Waals surface area contributed by atoms with Gasteiger partial charge < -0.3 is 14.6 Å². The highest BCUT2D eigenvalue weighted by Gasteiger charge is 2.22. The molecule has 0 radical (unpaired) electrons. The van der Waals surface area contributed by atoms with E-state index in [0.717, 1.165) is 0 Å². The summed E-state index contributed by atoms with van der Waals surface area (Å²) in [5.74, 6) is -1.38. The Morgan fingerprint density at radius 1 is 1.69 bits per heavy atom. The van der Waals surface area contributed by atoms with Crippen LogP contribution in [0.4, 0.5) is 4.39 Å². The van der Waals surface area contributed by atoms with Gasteiger partial charge in [-0.25, -0.2) is 4.39 Å². The quantitative estimate of drug-likeness (QED) is 0.831. The van der Waals surface area contributed by atoms with Crippen molar-refractivity contribution >= 4 is 17.9 Å². The summed E-state index contributed by atoms with van der Waals surface area (Å²) in [7, 11) is 1.34. The Morgan fingerprint density at radius 2 is 2.31 bits per heavy atom. The predicted octanol–water partition coefficient (Wildman–Crippen LogP) is 2.89. The Bertz CT molecular complexity index is 407. The number of aldehydes is 1. The van der Waals surface area contributed by atoms with Gasteiger partial charge in [-0.05, 0) is 5.92 Å². The van der Waals surface area contributed by atoms with E-state index in [9.17, 15) is 14.3 Å². The fraction of sp³-hybridized carbons (Fsp3) is 0.364. The van der Waals surface area contributed by atoms with E-state index in [0.29, 0.717) is 6.29 Å². The molecule has 0 aliphatic heterocycles. The van der Waals surface area contributed by atoms with Crippen LogP contribution < -0.4 is 4.74 Å². The van der Waals surface area contributed by atoms with Crippen LogP contribution in [-0.2, 0) is 4.79 Å². The fourth-order valence-corrected chi connectivity index (χ4v) is 1.68. The second kappa shape index (κ2) is 5.16. The van der Waals surface area contributed by atoms with Crippen molar-refractivity contribution in [1.82, 2.24) is 0 Å². The van der Waals surface area contributed by atoms with Crippen molar-refractivity contribution in [2.24, 2.45) is 0 Å². The van der Waals surface area contributed by atoms with E-state index < -0.39 is 11.7 Å². The van der Waals surface area contributed by atoms with Crippen molar-refractivity contribution in [3.8, 4) is 11.5 Å². The average Bonchev–Trinajstić information content (AvgIpc) is 2.24. The molecule has 0 amide bonds. The number of phenolic OH excluding ortho intramolecular Hbond substituents is 1. The number of carbonyl (C=O) groups excluding carboxylic acids is 1. The summed E-state index contributed by atoms with van der Waals surface area (Å²) in [5, 5.41) is 9.61. The minimum absolute atomic E-state index is 0.0106. The van der Waals surface area contributed by atoms with E-state index >= 15 is 0 Å². The van der Waals surface area contributed by atoms with Gasteiger partial charge >= 0.3 is 0 Å². The van der Waals surface area contributed by atoms with Crippen LogP contribution in [0.5, 0.6) is 11.5 Å². The normalized spacial score (nSPS) is 12.2. The van der Waals surface area contributed by atoms with Crippen LogP contribution in [0.3, 0.4) is 0 Å². The van der Waals surface area contributed by atoms with Crippen molar-refractivity contribution in [3.63, 3.8) is 0 Å².